The Morgan fingerprint density at radius 3 is 2.62 bits per heavy atom. The highest BCUT2D eigenvalue weighted by atomic mass is 32.2. The highest BCUT2D eigenvalue weighted by Crippen LogP contribution is 2.22. The first kappa shape index (κ1) is 16.2. The van der Waals surface area contributed by atoms with Gasteiger partial charge in [-0.25, -0.2) is 13.4 Å². The number of carbonyl (C=O) groups excluding carboxylic acids is 1. The Kier molecular flexibility index (Phi) is 5.17. The minimum Gasteiger partial charge on any atom is -0.466 e. The molecule has 0 N–H and O–H groups in total. The van der Waals surface area contributed by atoms with Crippen LogP contribution in [0, 0.1) is 0 Å². The highest BCUT2D eigenvalue weighted by Gasteiger charge is 2.24. The van der Waals surface area contributed by atoms with Crippen LogP contribution in [-0.4, -0.2) is 62.7 Å². The van der Waals surface area contributed by atoms with Crippen molar-refractivity contribution < 1.29 is 17.9 Å². The zero-order valence-electron chi connectivity index (χ0n) is 12.1. The second kappa shape index (κ2) is 6.71. The van der Waals surface area contributed by atoms with E-state index in [1.807, 2.05) is 10.3 Å². The van der Waals surface area contributed by atoms with E-state index in [0.29, 0.717) is 38.5 Å². The lowest BCUT2D eigenvalue weighted by Crippen LogP contribution is -2.48. The van der Waals surface area contributed by atoms with Gasteiger partial charge in [0.25, 0.3) is 0 Å². The molecule has 0 bridgehead atoms. The zero-order valence-corrected chi connectivity index (χ0v) is 13.7. The number of thiazole rings is 1. The molecule has 1 saturated heterocycles. The van der Waals surface area contributed by atoms with Crippen LogP contribution < -0.4 is 4.90 Å². The summed E-state index contributed by atoms with van der Waals surface area (Å²) in [6.45, 7) is 4.28. The van der Waals surface area contributed by atoms with Crippen molar-refractivity contribution in [2.75, 3.05) is 43.9 Å². The number of hydrogen-bond donors (Lipinski definition) is 0. The van der Waals surface area contributed by atoms with Crippen LogP contribution in [0.25, 0.3) is 0 Å². The SMILES string of the molecule is CCOC(=O)Cc1csc(N2CCN(S(C)(=O)=O)CC2)n1. The fraction of sp³-hybridized carbons (Fsp3) is 0.667. The molecule has 0 aromatic carbocycles. The number of aromatic nitrogens is 1. The molecule has 0 spiro atoms. The lowest BCUT2D eigenvalue weighted by molar-refractivity contribution is -0.142. The van der Waals surface area contributed by atoms with Crippen molar-refractivity contribution >= 4 is 32.5 Å². The van der Waals surface area contributed by atoms with E-state index in [4.69, 9.17) is 4.74 Å². The molecule has 118 valence electrons. The molecule has 0 amide bonds. The second-order valence-electron chi connectivity index (χ2n) is 4.75. The van der Waals surface area contributed by atoms with Crippen molar-refractivity contribution in [3.05, 3.63) is 11.1 Å². The van der Waals surface area contributed by atoms with E-state index >= 15 is 0 Å². The number of sulfonamides is 1. The van der Waals surface area contributed by atoms with Crippen LogP contribution in [0.15, 0.2) is 5.38 Å². The van der Waals surface area contributed by atoms with E-state index in [1.54, 1.807) is 6.92 Å². The minimum absolute atomic E-state index is 0.174. The van der Waals surface area contributed by atoms with Crippen LogP contribution in [0.3, 0.4) is 0 Å². The Labute approximate surface area is 128 Å². The van der Waals surface area contributed by atoms with Crippen molar-refractivity contribution in [1.82, 2.24) is 9.29 Å². The number of rotatable bonds is 5. The third-order valence-corrected chi connectivity index (χ3v) is 5.40. The van der Waals surface area contributed by atoms with Crippen LogP contribution in [0.5, 0.6) is 0 Å². The third kappa shape index (κ3) is 4.39. The zero-order chi connectivity index (χ0) is 15.5. The number of hydrogen-bond acceptors (Lipinski definition) is 7. The summed E-state index contributed by atoms with van der Waals surface area (Å²) in [5.41, 5.74) is 0.694. The fourth-order valence-electron chi connectivity index (χ4n) is 2.09. The lowest BCUT2D eigenvalue weighted by Gasteiger charge is -2.32. The number of anilines is 1. The van der Waals surface area contributed by atoms with Gasteiger partial charge in [-0.05, 0) is 6.92 Å². The van der Waals surface area contributed by atoms with Crippen LogP contribution in [0.2, 0.25) is 0 Å². The third-order valence-electron chi connectivity index (χ3n) is 3.15. The van der Waals surface area contributed by atoms with Gasteiger partial charge in [0.2, 0.25) is 10.0 Å². The van der Waals surface area contributed by atoms with Gasteiger partial charge in [-0.3, -0.25) is 4.79 Å². The molecule has 0 radical (unpaired) electrons. The average Bonchev–Trinajstić information content (AvgIpc) is 2.86. The summed E-state index contributed by atoms with van der Waals surface area (Å²) in [6.07, 6.45) is 1.40. The Balaban J connectivity index is 1.92. The molecule has 1 aliphatic rings. The molecule has 0 atom stereocenters. The van der Waals surface area contributed by atoms with E-state index in [1.165, 1.54) is 21.9 Å². The topological polar surface area (TPSA) is 79.8 Å². The van der Waals surface area contributed by atoms with Gasteiger partial charge in [0.1, 0.15) is 0 Å². The molecular weight excluding hydrogens is 314 g/mol. The van der Waals surface area contributed by atoms with E-state index < -0.39 is 10.0 Å². The van der Waals surface area contributed by atoms with Crippen molar-refractivity contribution in [3.63, 3.8) is 0 Å². The van der Waals surface area contributed by atoms with E-state index in [9.17, 15) is 13.2 Å². The van der Waals surface area contributed by atoms with Crippen LogP contribution in [-0.2, 0) is 26.0 Å². The predicted molar refractivity (Wildman–Crippen MR) is 81.1 cm³/mol. The normalized spacial score (nSPS) is 17.0. The lowest BCUT2D eigenvalue weighted by atomic mass is 10.3. The van der Waals surface area contributed by atoms with E-state index in [0.717, 1.165) is 5.13 Å². The molecule has 2 rings (SSSR count). The summed E-state index contributed by atoms with van der Waals surface area (Å²) in [6, 6.07) is 0. The molecular formula is C12H19N3O4S2. The smallest absolute Gasteiger partial charge is 0.311 e. The van der Waals surface area contributed by atoms with Crippen LogP contribution in [0.4, 0.5) is 5.13 Å². The first-order chi connectivity index (χ1) is 9.90. The van der Waals surface area contributed by atoms with Gasteiger partial charge < -0.3 is 9.64 Å². The van der Waals surface area contributed by atoms with Gasteiger partial charge in [0.05, 0.1) is 25.0 Å². The second-order valence-corrected chi connectivity index (χ2v) is 7.57. The van der Waals surface area contributed by atoms with Crippen molar-refractivity contribution in [2.45, 2.75) is 13.3 Å². The largest absolute Gasteiger partial charge is 0.466 e. The summed E-state index contributed by atoms with van der Waals surface area (Å²) in [4.78, 5) is 17.9. The van der Waals surface area contributed by atoms with Gasteiger partial charge in [0.15, 0.2) is 5.13 Å². The standard InChI is InChI=1S/C12H19N3O4S2/c1-3-19-11(16)8-10-9-20-12(13-10)14-4-6-15(7-5-14)21(2,17)18/h9H,3-8H2,1-2H3. The van der Waals surface area contributed by atoms with Crippen LogP contribution in [0.1, 0.15) is 12.6 Å². The van der Waals surface area contributed by atoms with E-state index in [2.05, 4.69) is 4.98 Å². The van der Waals surface area contributed by atoms with Gasteiger partial charge >= 0.3 is 5.97 Å². The predicted octanol–water partition coefficient (Wildman–Crippen LogP) is 0.330. The summed E-state index contributed by atoms with van der Waals surface area (Å²) in [5, 5.41) is 2.66. The van der Waals surface area contributed by atoms with Crippen LogP contribution >= 0.6 is 11.3 Å². The van der Waals surface area contributed by atoms with Crippen molar-refractivity contribution in [1.29, 1.82) is 0 Å². The molecule has 7 nitrogen and oxygen atoms in total. The maximum Gasteiger partial charge on any atom is 0.311 e. The quantitative estimate of drug-likeness (QED) is 0.723. The molecule has 0 unspecified atom stereocenters. The molecule has 21 heavy (non-hydrogen) atoms. The van der Waals surface area contributed by atoms with Crippen molar-refractivity contribution in [3.8, 4) is 0 Å². The minimum atomic E-state index is -3.12. The maximum absolute atomic E-state index is 11.5. The Morgan fingerprint density at radius 1 is 1.38 bits per heavy atom. The van der Waals surface area contributed by atoms with Gasteiger partial charge in [-0.1, -0.05) is 0 Å². The molecule has 9 heteroatoms. The first-order valence-corrected chi connectivity index (χ1v) is 9.43. The Morgan fingerprint density at radius 2 is 2.05 bits per heavy atom. The molecule has 0 aliphatic carbocycles. The molecule has 2 heterocycles. The molecule has 0 saturated carbocycles. The van der Waals surface area contributed by atoms with E-state index in [-0.39, 0.29) is 12.4 Å². The number of nitrogens with zero attached hydrogens (tertiary/aromatic N) is 3. The first-order valence-electron chi connectivity index (χ1n) is 6.70. The summed E-state index contributed by atoms with van der Waals surface area (Å²) >= 11 is 1.46. The van der Waals surface area contributed by atoms with Gasteiger partial charge in [-0.2, -0.15) is 4.31 Å². The summed E-state index contributed by atoms with van der Waals surface area (Å²) < 4.78 is 29.3. The highest BCUT2D eigenvalue weighted by molar-refractivity contribution is 7.88. The monoisotopic (exact) mass is 333 g/mol. The number of ether oxygens (including phenoxy) is 1. The van der Waals surface area contributed by atoms with Gasteiger partial charge in [-0.15, -0.1) is 11.3 Å². The van der Waals surface area contributed by atoms with Gasteiger partial charge in [0, 0.05) is 31.6 Å². The number of carbonyl (C=O) groups is 1. The summed E-state index contributed by atoms with van der Waals surface area (Å²) in [7, 11) is -3.12. The number of piperazine rings is 1. The summed E-state index contributed by atoms with van der Waals surface area (Å²) in [5.74, 6) is -0.281. The Bertz CT molecular complexity index is 591. The molecule has 1 aromatic rings. The molecule has 1 fully saturated rings. The maximum atomic E-state index is 11.5. The van der Waals surface area contributed by atoms with Crippen molar-refractivity contribution in [2.24, 2.45) is 0 Å². The Hall–Kier alpha value is -1.19. The number of esters is 1. The molecule has 1 aliphatic heterocycles. The molecule has 1 aromatic heterocycles. The fourth-order valence-corrected chi connectivity index (χ4v) is 3.80. The average molecular weight is 333 g/mol.